The standard InChI is InChI=1S/C12H23NO2Si/c1-12(2,3)15-11(14)9-10(13)7-8-16(4,5)6/h10H,9,13H2,1-6H3. The maximum atomic E-state index is 11.4. The normalized spacial score (nSPS) is 13.7. The van der Waals surface area contributed by atoms with Gasteiger partial charge in [0.2, 0.25) is 0 Å². The second-order valence-corrected chi connectivity index (χ2v) is 10.7. The third-order valence-electron chi connectivity index (χ3n) is 1.44. The zero-order chi connectivity index (χ0) is 13.0. The molecule has 16 heavy (non-hydrogen) atoms. The highest BCUT2D eigenvalue weighted by Crippen LogP contribution is 2.08. The molecule has 2 N–H and O–H groups in total. The van der Waals surface area contributed by atoms with Crippen LogP contribution in [0.2, 0.25) is 19.6 Å². The molecule has 1 atom stereocenters. The summed E-state index contributed by atoms with van der Waals surface area (Å²) in [6.45, 7) is 11.9. The highest BCUT2D eigenvalue weighted by atomic mass is 28.3. The molecule has 0 aromatic heterocycles. The van der Waals surface area contributed by atoms with Crippen LogP contribution in [-0.2, 0) is 9.53 Å². The summed E-state index contributed by atoms with van der Waals surface area (Å²) < 4.78 is 5.16. The average Bonchev–Trinajstić information content (AvgIpc) is 1.95. The Kier molecular flexibility index (Phi) is 5.24. The summed E-state index contributed by atoms with van der Waals surface area (Å²) in [6, 6.07) is -0.415. The number of nitrogens with two attached hydrogens (primary N) is 1. The Balaban J connectivity index is 4.20. The van der Waals surface area contributed by atoms with Crippen LogP contribution in [0.15, 0.2) is 0 Å². The number of carbonyl (C=O) groups excluding carboxylic acids is 1. The Morgan fingerprint density at radius 1 is 1.38 bits per heavy atom. The summed E-state index contributed by atoms with van der Waals surface area (Å²) in [6.07, 6.45) is 0.161. The van der Waals surface area contributed by atoms with Crippen molar-refractivity contribution in [1.29, 1.82) is 0 Å². The minimum atomic E-state index is -1.41. The van der Waals surface area contributed by atoms with Crippen LogP contribution >= 0.6 is 0 Å². The fourth-order valence-corrected chi connectivity index (χ4v) is 1.54. The van der Waals surface area contributed by atoms with Crippen LogP contribution in [0.25, 0.3) is 0 Å². The first kappa shape index (κ1) is 15.2. The minimum Gasteiger partial charge on any atom is -0.460 e. The molecule has 0 fully saturated rings. The van der Waals surface area contributed by atoms with Gasteiger partial charge in [0, 0.05) is 0 Å². The number of hydrogen-bond donors (Lipinski definition) is 1. The van der Waals surface area contributed by atoms with E-state index in [2.05, 4.69) is 31.1 Å². The molecule has 3 nitrogen and oxygen atoms in total. The maximum absolute atomic E-state index is 11.4. The van der Waals surface area contributed by atoms with E-state index < -0.39 is 19.7 Å². The summed E-state index contributed by atoms with van der Waals surface area (Å²) >= 11 is 0. The van der Waals surface area contributed by atoms with Gasteiger partial charge in [-0.1, -0.05) is 25.6 Å². The lowest BCUT2D eigenvalue weighted by atomic mass is 10.2. The largest absolute Gasteiger partial charge is 0.460 e. The predicted molar refractivity (Wildman–Crippen MR) is 69.6 cm³/mol. The molecular weight excluding hydrogens is 218 g/mol. The number of esters is 1. The van der Waals surface area contributed by atoms with Crippen molar-refractivity contribution >= 4 is 14.0 Å². The lowest BCUT2D eigenvalue weighted by Crippen LogP contribution is -2.30. The van der Waals surface area contributed by atoms with Gasteiger partial charge in [0.05, 0.1) is 12.5 Å². The van der Waals surface area contributed by atoms with Crippen molar-refractivity contribution in [2.75, 3.05) is 0 Å². The van der Waals surface area contributed by atoms with Crippen LogP contribution in [0.1, 0.15) is 27.2 Å². The van der Waals surface area contributed by atoms with E-state index in [1.54, 1.807) is 0 Å². The molecule has 0 aromatic carbocycles. The molecule has 0 aliphatic heterocycles. The van der Waals surface area contributed by atoms with Gasteiger partial charge in [-0.3, -0.25) is 4.79 Å². The zero-order valence-corrected chi connectivity index (χ0v) is 12.2. The number of ether oxygens (including phenoxy) is 1. The highest BCUT2D eigenvalue weighted by molar-refractivity contribution is 6.83. The van der Waals surface area contributed by atoms with Gasteiger partial charge >= 0.3 is 5.97 Å². The molecule has 0 radical (unpaired) electrons. The first-order chi connectivity index (χ1) is 6.99. The third kappa shape index (κ3) is 9.75. The van der Waals surface area contributed by atoms with Crippen molar-refractivity contribution in [3.8, 4) is 11.5 Å². The second-order valence-electron chi connectivity index (χ2n) is 5.92. The zero-order valence-electron chi connectivity index (χ0n) is 11.2. The van der Waals surface area contributed by atoms with Gasteiger partial charge in [0.25, 0.3) is 0 Å². The third-order valence-corrected chi connectivity index (χ3v) is 2.33. The van der Waals surface area contributed by atoms with Gasteiger partial charge in [-0.15, -0.1) is 5.54 Å². The van der Waals surface area contributed by atoms with Gasteiger partial charge < -0.3 is 10.5 Å². The molecule has 0 aliphatic rings. The van der Waals surface area contributed by atoms with Gasteiger partial charge in [0.1, 0.15) is 13.7 Å². The van der Waals surface area contributed by atoms with Gasteiger partial charge in [0.15, 0.2) is 0 Å². The van der Waals surface area contributed by atoms with E-state index in [4.69, 9.17) is 10.5 Å². The van der Waals surface area contributed by atoms with Gasteiger partial charge in [-0.2, -0.15) is 0 Å². The lowest BCUT2D eigenvalue weighted by molar-refractivity contribution is -0.154. The van der Waals surface area contributed by atoms with Gasteiger partial charge in [-0.25, -0.2) is 0 Å². The SMILES string of the molecule is CC(C)(C)OC(=O)CC(N)C#C[Si](C)(C)C. The fourth-order valence-electron chi connectivity index (χ4n) is 0.923. The molecule has 1 unspecified atom stereocenters. The number of hydrogen-bond acceptors (Lipinski definition) is 3. The molecule has 0 amide bonds. The van der Waals surface area contributed by atoms with Crippen LogP contribution in [0.3, 0.4) is 0 Å². The van der Waals surface area contributed by atoms with E-state index >= 15 is 0 Å². The highest BCUT2D eigenvalue weighted by Gasteiger charge is 2.18. The Morgan fingerprint density at radius 2 is 1.88 bits per heavy atom. The monoisotopic (exact) mass is 241 g/mol. The van der Waals surface area contributed by atoms with Gasteiger partial charge in [-0.05, 0) is 20.8 Å². The Labute approximate surface area is 99.7 Å². The van der Waals surface area contributed by atoms with Crippen LogP contribution < -0.4 is 5.73 Å². The lowest BCUT2D eigenvalue weighted by Gasteiger charge is -2.20. The summed E-state index contributed by atoms with van der Waals surface area (Å²) in [5.41, 5.74) is 8.44. The van der Waals surface area contributed by atoms with E-state index in [1.807, 2.05) is 20.8 Å². The first-order valence-electron chi connectivity index (χ1n) is 5.50. The molecule has 0 aromatic rings. The van der Waals surface area contributed by atoms with E-state index in [9.17, 15) is 4.79 Å². The average molecular weight is 241 g/mol. The molecule has 0 spiro atoms. The second kappa shape index (κ2) is 5.51. The summed E-state index contributed by atoms with van der Waals surface area (Å²) in [4.78, 5) is 11.4. The maximum Gasteiger partial charge on any atom is 0.308 e. The minimum absolute atomic E-state index is 0.161. The van der Waals surface area contributed by atoms with Crippen molar-refractivity contribution in [1.82, 2.24) is 0 Å². The van der Waals surface area contributed by atoms with Crippen molar-refractivity contribution in [2.24, 2.45) is 5.73 Å². The molecule has 0 heterocycles. The van der Waals surface area contributed by atoms with Crippen LogP contribution in [0.5, 0.6) is 0 Å². The van der Waals surface area contributed by atoms with E-state index in [1.165, 1.54) is 0 Å². The molecular formula is C12H23NO2Si. The van der Waals surface area contributed by atoms with Crippen LogP contribution in [-0.4, -0.2) is 25.7 Å². The number of carbonyl (C=O) groups is 1. The molecule has 92 valence electrons. The number of rotatable bonds is 2. The quantitative estimate of drug-likeness (QED) is 0.456. The van der Waals surface area contributed by atoms with Crippen molar-refractivity contribution in [3.63, 3.8) is 0 Å². The first-order valence-corrected chi connectivity index (χ1v) is 9.00. The molecule has 0 bridgehead atoms. The predicted octanol–water partition coefficient (Wildman–Crippen LogP) is 1.93. The van der Waals surface area contributed by atoms with E-state index in [0.717, 1.165) is 0 Å². The molecule has 0 rings (SSSR count). The molecule has 0 saturated heterocycles. The fraction of sp³-hybridized carbons (Fsp3) is 0.750. The molecule has 4 heteroatoms. The van der Waals surface area contributed by atoms with E-state index in [-0.39, 0.29) is 12.4 Å². The van der Waals surface area contributed by atoms with E-state index in [0.29, 0.717) is 0 Å². The molecule has 0 saturated carbocycles. The summed E-state index contributed by atoms with van der Waals surface area (Å²) in [5, 5.41) is 0. The smallest absolute Gasteiger partial charge is 0.308 e. The Bertz CT molecular complexity index is 302. The van der Waals surface area contributed by atoms with Crippen molar-refractivity contribution in [3.05, 3.63) is 0 Å². The Hall–Kier alpha value is -0.793. The van der Waals surface area contributed by atoms with Crippen molar-refractivity contribution in [2.45, 2.75) is 58.5 Å². The van der Waals surface area contributed by atoms with Crippen LogP contribution in [0.4, 0.5) is 0 Å². The van der Waals surface area contributed by atoms with Crippen LogP contribution in [0, 0.1) is 11.5 Å². The summed E-state index contributed by atoms with van der Waals surface area (Å²) in [5.74, 6) is 2.64. The van der Waals surface area contributed by atoms with Crippen molar-refractivity contribution < 1.29 is 9.53 Å². The summed E-state index contributed by atoms with van der Waals surface area (Å²) in [7, 11) is -1.41. The molecule has 0 aliphatic carbocycles. The topological polar surface area (TPSA) is 52.3 Å². The Morgan fingerprint density at radius 3 is 2.25 bits per heavy atom.